The number of hydrogen-bond acceptors (Lipinski definition) is 3. The van der Waals surface area contributed by atoms with E-state index in [4.69, 9.17) is 9.84 Å². The summed E-state index contributed by atoms with van der Waals surface area (Å²) in [5.74, 6) is -0.309. The Kier molecular flexibility index (Phi) is 3.69. The van der Waals surface area contributed by atoms with Gasteiger partial charge in [0.05, 0.1) is 5.41 Å². The third kappa shape index (κ3) is 3.61. The van der Waals surface area contributed by atoms with Gasteiger partial charge in [-0.05, 0) is 40.5 Å². The number of carboxylic acid groups (broad SMARTS) is 1. The largest absolute Gasteiger partial charge is 0.465 e. The van der Waals surface area contributed by atoms with Gasteiger partial charge in [0.2, 0.25) is 0 Å². The quantitative estimate of drug-likeness (QED) is 0.716. The van der Waals surface area contributed by atoms with E-state index in [2.05, 4.69) is 0 Å². The zero-order chi connectivity index (χ0) is 13.3. The number of piperidine rings is 1. The molecule has 1 heterocycles. The molecular formula is C12H21NO4. The molecular weight excluding hydrogens is 222 g/mol. The topological polar surface area (TPSA) is 66.8 Å². The van der Waals surface area contributed by atoms with E-state index in [0.717, 1.165) is 0 Å². The molecule has 1 aliphatic heterocycles. The maximum absolute atomic E-state index is 12.1. The van der Waals surface area contributed by atoms with Gasteiger partial charge in [-0.1, -0.05) is 0 Å². The minimum Gasteiger partial charge on any atom is -0.465 e. The number of nitrogens with zero attached hydrogens (tertiary/aromatic N) is 1. The molecule has 0 saturated carbocycles. The lowest BCUT2D eigenvalue weighted by Gasteiger charge is -2.38. The molecule has 0 bridgehead atoms. The van der Waals surface area contributed by atoms with Crippen molar-refractivity contribution in [3.63, 3.8) is 0 Å². The van der Waals surface area contributed by atoms with E-state index >= 15 is 0 Å². The van der Waals surface area contributed by atoms with E-state index in [-0.39, 0.29) is 12.5 Å². The van der Waals surface area contributed by atoms with Gasteiger partial charge >= 0.3 is 12.1 Å². The van der Waals surface area contributed by atoms with Crippen LogP contribution < -0.4 is 0 Å². The first-order chi connectivity index (χ1) is 7.64. The van der Waals surface area contributed by atoms with Crippen LogP contribution in [0.15, 0.2) is 0 Å². The molecule has 1 saturated heterocycles. The summed E-state index contributed by atoms with van der Waals surface area (Å²) in [6.07, 6.45) is 0.396. The predicted octanol–water partition coefficient (Wildman–Crippen LogP) is 2.11. The summed E-state index contributed by atoms with van der Waals surface area (Å²) in [6, 6.07) is 0. The zero-order valence-corrected chi connectivity index (χ0v) is 10.9. The Balaban J connectivity index is 2.73. The molecule has 0 spiro atoms. The van der Waals surface area contributed by atoms with E-state index in [1.165, 1.54) is 4.90 Å². The van der Waals surface area contributed by atoms with Crippen molar-refractivity contribution in [3.05, 3.63) is 0 Å². The fourth-order valence-electron chi connectivity index (χ4n) is 1.97. The van der Waals surface area contributed by atoms with Crippen molar-refractivity contribution >= 4 is 12.1 Å². The van der Waals surface area contributed by atoms with E-state index in [9.17, 15) is 9.59 Å². The van der Waals surface area contributed by atoms with Crippen molar-refractivity contribution in [1.29, 1.82) is 0 Å². The summed E-state index contributed by atoms with van der Waals surface area (Å²) in [5.41, 5.74) is -1.25. The molecule has 1 atom stereocenters. The van der Waals surface area contributed by atoms with Crippen LogP contribution in [0.4, 0.5) is 4.79 Å². The van der Waals surface area contributed by atoms with Gasteiger partial charge in [-0.2, -0.15) is 0 Å². The van der Waals surface area contributed by atoms with Gasteiger partial charge in [-0.3, -0.25) is 4.79 Å². The zero-order valence-electron chi connectivity index (χ0n) is 10.9. The highest BCUT2D eigenvalue weighted by molar-refractivity contribution is 5.78. The number of amides is 1. The molecule has 0 aromatic carbocycles. The van der Waals surface area contributed by atoms with Gasteiger partial charge in [0.1, 0.15) is 5.60 Å². The number of hydrogen-bond donors (Lipinski definition) is 1. The molecule has 1 rings (SSSR count). The fraction of sp³-hybridized carbons (Fsp3) is 0.833. The van der Waals surface area contributed by atoms with Crippen LogP contribution in [-0.2, 0) is 9.53 Å². The minimum atomic E-state index is -0.973. The first-order valence-electron chi connectivity index (χ1n) is 5.85. The van der Waals surface area contributed by atoms with Crippen molar-refractivity contribution < 1.29 is 19.4 Å². The van der Waals surface area contributed by atoms with Gasteiger partial charge in [0, 0.05) is 13.1 Å². The smallest absolute Gasteiger partial charge is 0.407 e. The first-order valence-corrected chi connectivity index (χ1v) is 5.85. The van der Waals surface area contributed by atoms with E-state index in [1.54, 1.807) is 6.92 Å². The second-order valence-corrected chi connectivity index (χ2v) is 5.87. The molecule has 1 fully saturated rings. The normalized spacial score (nSPS) is 25.5. The maximum atomic E-state index is 12.1. The van der Waals surface area contributed by atoms with Crippen LogP contribution in [0.1, 0.15) is 40.5 Å². The van der Waals surface area contributed by atoms with Crippen LogP contribution in [0, 0.1) is 5.41 Å². The standard InChI is InChI=1S/C12H21NO4/c1-11(2,3)17-9(14)12(4)6-5-7-13(8-12)10(15)16/h5-8H2,1-4H3,(H,15,16). The summed E-state index contributed by atoms with van der Waals surface area (Å²) in [7, 11) is 0. The minimum absolute atomic E-state index is 0.219. The van der Waals surface area contributed by atoms with Crippen LogP contribution in [-0.4, -0.2) is 40.8 Å². The molecule has 0 aromatic rings. The Hall–Kier alpha value is -1.26. The Morgan fingerprint density at radius 1 is 1.35 bits per heavy atom. The lowest BCUT2D eigenvalue weighted by molar-refractivity contribution is -0.169. The van der Waals surface area contributed by atoms with E-state index in [1.807, 2.05) is 20.8 Å². The molecule has 98 valence electrons. The van der Waals surface area contributed by atoms with Crippen LogP contribution in [0.25, 0.3) is 0 Å². The van der Waals surface area contributed by atoms with Gasteiger partial charge in [0.15, 0.2) is 0 Å². The monoisotopic (exact) mass is 243 g/mol. The molecule has 5 nitrogen and oxygen atoms in total. The van der Waals surface area contributed by atoms with Crippen molar-refractivity contribution in [2.24, 2.45) is 5.41 Å². The van der Waals surface area contributed by atoms with Gasteiger partial charge < -0.3 is 14.7 Å². The van der Waals surface area contributed by atoms with E-state index in [0.29, 0.717) is 19.4 Å². The van der Waals surface area contributed by atoms with Crippen LogP contribution in [0.5, 0.6) is 0 Å². The summed E-state index contributed by atoms with van der Waals surface area (Å²) >= 11 is 0. The average Bonchev–Trinajstić information content (AvgIpc) is 2.15. The summed E-state index contributed by atoms with van der Waals surface area (Å²) in [5, 5.41) is 8.96. The highest BCUT2D eigenvalue weighted by Gasteiger charge is 2.42. The average molecular weight is 243 g/mol. The van der Waals surface area contributed by atoms with Crippen LogP contribution in [0.3, 0.4) is 0 Å². The van der Waals surface area contributed by atoms with Crippen molar-refractivity contribution in [2.45, 2.75) is 46.1 Å². The lowest BCUT2D eigenvalue weighted by atomic mass is 9.82. The lowest BCUT2D eigenvalue weighted by Crippen LogP contribution is -2.49. The van der Waals surface area contributed by atoms with Crippen molar-refractivity contribution in [1.82, 2.24) is 4.90 Å². The van der Waals surface area contributed by atoms with Gasteiger partial charge in [-0.15, -0.1) is 0 Å². The summed E-state index contributed by atoms with van der Waals surface area (Å²) < 4.78 is 5.35. The SMILES string of the molecule is CC(C)(C)OC(=O)C1(C)CCCN(C(=O)O)C1. The highest BCUT2D eigenvalue weighted by Crippen LogP contribution is 2.32. The Labute approximate surface area is 102 Å². The second-order valence-electron chi connectivity index (χ2n) is 5.87. The molecule has 1 amide bonds. The molecule has 0 aliphatic carbocycles. The van der Waals surface area contributed by atoms with E-state index < -0.39 is 17.1 Å². The second kappa shape index (κ2) is 4.55. The number of esters is 1. The van der Waals surface area contributed by atoms with Crippen LogP contribution >= 0.6 is 0 Å². The van der Waals surface area contributed by atoms with Gasteiger partial charge in [-0.25, -0.2) is 4.79 Å². The number of ether oxygens (including phenoxy) is 1. The third-order valence-electron chi connectivity index (χ3n) is 2.86. The van der Waals surface area contributed by atoms with Gasteiger partial charge in [0.25, 0.3) is 0 Å². The molecule has 1 aliphatic rings. The first kappa shape index (κ1) is 13.8. The molecule has 5 heteroatoms. The maximum Gasteiger partial charge on any atom is 0.407 e. The Bertz CT molecular complexity index is 321. The van der Waals surface area contributed by atoms with Crippen molar-refractivity contribution in [2.75, 3.05) is 13.1 Å². The molecule has 1 N–H and O–H groups in total. The Morgan fingerprint density at radius 2 is 1.94 bits per heavy atom. The summed E-state index contributed by atoms with van der Waals surface area (Å²) in [6.45, 7) is 7.92. The highest BCUT2D eigenvalue weighted by atomic mass is 16.6. The Morgan fingerprint density at radius 3 is 2.41 bits per heavy atom. The third-order valence-corrected chi connectivity index (χ3v) is 2.86. The molecule has 1 unspecified atom stereocenters. The number of carbonyl (C=O) groups excluding carboxylic acids is 1. The van der Waals surface area contributed by atoms with Crippen LogP contribution in [0.2, 0.25) is 0 Å². The predicted molar refractivity (Wildman–Crippen MR) is 62.8 cm³/mol. The molecule has 17 heavy (non-hydrogen) atoms. The number of carbonyl (C=O) groups is 2. The number of likely N-dealkylation sites (tertiary alicyclic amines) is 1. The summed E-state index contributed by atoms with van der Waals surface area (Å²) in [4.78, 5) is 24.3. The fourth-order valence-corrected chi connectivity index (χ4v) is 1.97. The van der Waals surface area contributed by atoms with Crippen molar-refractivity contribution in [3.8, 4) is 0 Å². The molecule has 0 aromatic heterocycles. The molecule has 0 radical (unpaired) electrons. The number of rotatable bonds is 1.